The van der Waals surface area contributed by atoms with Crippen molar-refractivity contribution < 1.29 is 9.72 Å². The Hall–Kier alpha value is -1.82. The predicted octanol–water partition coefficient (Wildman–Crippen LogP) is 2.96. The first-order valence-corrected chi connectivity index (χ1v) is 6.50. The number of carbonyl (C=O) groups excluding carboxylic acids is 1. The van der Waals surface area contributed by atoms with Crippen molar-refractivity contribution in [1.82, 2.24) is 5.32 Å². The molecular formula is C13H18ClN3O3. The van der Waals surface area contributed by atoms with E-state index >= 15 is 0 Å². The van der Waals surface area contributed by atoms with Gasteiger partial charge in [0.1, 0.15) is 11.7 Å². The van der Waals surface area contributed by atoms with E-state index < -0.39 is 11.0 Å². The topological polar surface area (TPSA) is 84.3 Å². The van der Waals surface area contributed by atoms with Gasteiger partial charge < -0.3 is 10.6 Å². The molecule has 1 rings (SSSR count). The summed E-state index contributed by atoms with van der Waals surface area (Å²) in [6, 6.07) is 3.67. The van der Waals surface area contributed by atoms with Crippen molar-refractivity contribution in [1.29, 1.82) is 0 Å². The van der Waals surface area contributed by atoms with Crippen molar-refractivity contribution in [2.45, 2.75) is 39.3 Å². The van der Waals surface area contributed by atoms with Gasteiger partial charge in [0.2, 0.25) is 5.91 Å². The number of benzene rings is 1. The van der Waals surface area contributed by atoms with Crippen molar-refractivity contribution in [3.05, 3.63) is 33.3 Å². The molecule has 20 heavy (non-hydrogen) atoms. The fraction of sp³-hybridized carbons (Fsp3) is 0.462. The van der Waals surface area contributed by atoms with E-state index in [1.807, 2.05) is 20.8 Å². The van der Waals surface area contributed by atoms with Crippen molar-refractivity contribution >= 4 is 28.9 Å². The van der Waals surface area contributed by atoms with E-state index in [4.69, 9.17) is 11.6 Å². The summed E-state index contributed by atoms with van der Waals surface area (Å²) in [5, 5.41) is 16.9. The molecule has 0 bridgehead atoms. The predicted molar refractivity (Wildman–Crippen MR) is 79.1 cm³/mol. The highest BCUT2D eigenvalue weighted by molar-refractivity contribution is 6.30. The van der Waals surface area contributed by atoms with Crippen LogP contribution in [0.2, 0.25) is 5.02 Å². The monoisotopic (exact) mass is 299 g/mol. The van der Waals surface area contributed by atoms with Gasteiger partial charge >= 0.3 is 0 Å². The molecule has 1 amide bonds. The molecule has 2 N–H and O–H groups in total. The molecule has 0 saturated heterocycles. The summed E-state index contributed by atoms with van der Waals surface area (Å²) in [4.78, 5) is 22.4. The fourth-order valence-electron chi connectivity index (χ4n) is 1.55. The van der Waals surface area contributed by atoms with Crippen LogP contribution in [0.15, 0.2) is 18.2 Å². The van der Waals surface area contributed by atoms with E-state index in [-0.39, 0.29) is 27.8 Å². The van der Waals surface area contributed by atoms with E-state index in [0.29, 0.717) is 0 Å². The van der Waals surface area contributed by atoms with E-state index in [1.165, 1.54) is 18.2 Å². The molecule has 0 heterocycles. The number of amides is 1. The lowest BCUT2D eigenvalue weighted by atomic mass is 10.1. The van der Waals surface area contributed by atoms with Gasteiger partial charge in [-0.15, -0.1) is 0 Å². The van der Waals surface area contributed by atoms with Gasteiger partial charge in [-0.25, -0.2) is 0 Å². The molecule has 0 radical (unpaired) electrons. The molecule has 0 aliphatic heterocycles. The van der Waals surface area contributed by atoms with Crippen LogP contribution in [0.4, 0.5) is 11.4 Å². The van der Waals surface area contributed by atoms with Crippen LogP contribution in [-0.2, 0) is 4.79 Å². The normalized spacial score (nSPS) is 12.7. The Bertz CT molecular complexity index is 526. The van der Waals surface area contributed by atoms with Crippen LogP contribution in [-0.4, -0.2) is 22.4 Å². The number of anilines is 1. The summed E-state index contributed by atoms with van der Waals surface area (Å²) in [5.74, 6) is -0.234. The molecule has 7 heteroatoms. The molecule has 0 aliphatic rings. The van der Waals surface area contributed by atoms with Crippen LogP contribution in [0.5, 0.6) is 0 Å². The highest BCUT2D eigenvalue weighted by Crippen LogP contribution is 2.28. The van der Waals surface area contributed by atoms with E-state index in [1.54, 1.807) is 6.92 Å². The molecule has 1 unspecified atom stereocenters. The third-order valence-electron chi connectivity index (χ3n) is 2.42. The summed E-state index contributed by atoms with van der Waals surface area (Å²) in [6.07, 6.45) is 0. The van der Waals surface area contributed by atoms with E-state index in [0.717, 1.165) is 0 Å². The number of nitro benzene ring substituents is 1. The summed E-state index contributed by atoms with van der Waals surface area (Å²) >= 11 is 5.74. The van der Waals surface area contributed by atoms with Crippen LogP contribution in [0.1, 0.15) is 27.7 Å². The van der Waals surface area contributed by atoms with Crippen molar-refractivity contribution in [3.63, 3.8) is 0 Å². The first kappa shape index (κ1) is 16.2. The smallest absolute Gasteiger partial charge is 0.293 e. The first-order valence-electron chi connectivity index (χ1n) is 6.12. The summed E-state index contributed by atoms with van der Waals surface area (Å²) < 4.78 is 0. The number of nitrogens with zero attached hydrogens (tertiary/aromatic N) is 1. The molecule has 1 aromatic carbocycles. The lowest BCUT2D eigenvalue weighted by Gasteiger charge is -2.24. The summed E-state index contributed by atoms with van der Waals surface area (Å²) in [5.41, 5.74) is -0.261. The van der Waals surface area contributed by atoms with Gasteiger partial charge in [-0.2, -0.15) is 0 Å². The van der Waals surface area contributed by atoms with Crippen molar-refractivity contribution in [3.8, 4) is 0 Å². The third kappa shape index (κ3) is 4.70. The van der Waals surface area contributed by atoms with Gasteiger partial charge in [-0.1, -0.05) is 11.6 Å². The Morgan fingerprint density at radius 1 is 1.40 bits per heavy atom. The van der Waals surface area contributed by atoms with Crippen LogP contribution in [0.3, 0.4) is 0 Å². The second-order valence-corrected chi connectivity index (χ2v) is 5.96. The van der Waals surface area contributed by atoms with Gasteiger partial charge in [0, 0.05) is 16.6 Å². The lowest BCUT2D eigenvalue weighted by molar-refractivity contribution is -0.384. The maximum absolute atomic E-state index is 11.9. The molecule has 1 atom stereocenters. The highest BCUT2D eigenvalue weighted by Gasteiger charge is 2.22. The Morgan fingerprint density at radius 2 is 2.00 bits per heavy atom. The number of nitro groups is 1. The minimum atomic E-state index is -0.603. The van der Waals surface area contributed by atoms with Crippen LogP contribution in [0.25, 0.3) is 0 Å². The number of carbonyl (C=O) groups is 1. The molecule has 110 valence electrons. The second kappa shape index (κ2) is 6.09. The minimum Gasteiger partial charge on any atom is -0.368 e. The standard InChI is InChI=1S/C13H18ClN3O3/c1-8(12(18)16-13(2,3)4)15-10-6-5-9(14)7-11(10)17(19)20/h5-8,15H,1-4H3,(H,16,18). The van der Waals surface area contributed by atoms with Gasteiger partial charge in [0.25, 0.3) is 5.69 Å². The van der Waals surface area contributed by atoms with E-state index in [9.17, 15) is 14.9 Å². The number of halogens is 1. The number of hydrogen-bond acceptors (Lipinski definition) is 4. The van der Waals surface area contributed by atoms with Crippen LogP contribution in [0, 0.1) is 10.1 Å². The molecule has 0 aliphatic carbocycles. The largest absolute Gasteiger partial charge is 0.368 e. The minimum absolute atomic E-state index is 0.159. The molecule has 0 fully saturated rings. The Labute approximate surface area is 122 Å². The fourth-order valence-corrected chi connectivity index (χ4v) is 1.72. The summed E-state index contributed by atoms with van der Waals surface area (Å²) in [7, 11) is 0. The van der Waals surface area contributed by atoms with Crippen LogP contribution < -0.4 is 10.6 Å². The van der Waals surface area contributed by atoms with Gasteiger partial charge in [-0.05, 0) is 39.8 Å². The Balaban J connectivity index is 2.88. The zero-order valence-electron chi connectivity index (χ0n) is 11.9. The SMILES string of the molecule is CC(Nc1ccc(Cl)cc1[N+](=O)[O-])C(=O)NC(C)(C)C. The van der Waals surface area contributed by atoms with Gasteiger partial charge in [-0.3, -0.25) is 14.9 Å². The second-order valence-electron chi connectivity index (χ2n) is 5.52. The van der Waals surface area contributed by atoms with Crippen molar-refractivity contribution in [2.75, 3.05) is 5.32 Å². The maximum Gasteiger partial charge on any atom is 0.293 e. The zero-order chi connectivity index (χ0) is 15.5. The molecular weight excluding hydrogens is 282 g/mol. The summed E-state index contributed by atoms with van der Waals surface area (Å²) in [6.45, 7) is 7.23. The highest BCUT2D eigenvalue weighted by atomic mass is 35.5. The molecule has 1 aromatic rings. The van der Waals surface area contributed by atoms with Gasteiger partial charge in [0.05, 0.1) is 4.92 Å². The molecule has 0 aromatic heterocycles. The number of nitrogens with one attached hydrogen (secondary N) is 2. The van der Waals surface area contributed by atoms with Crippen LogP contribution >= 0.6 is 11.6 Å². The average Bonchev–Trinajstić information content (AvgIpc) is 2.28. The third-order valence-corrected chi connectivity index (χ3v) is 2.66. The molecule has 6 nitrogen and oxygen atoms in total. The Kier molecular flexibility index (Phi) is 4.94. The molecule has 0 spiro atoms. The van der Waals surface area contributed by atoms with E-state index in [2.05, 4.69) is 10.6 Å². The van der Waals surface area contributed by atoms with Crippen molar-refractivity contribution in [2.24, 2.45) is 0 Å². The first-order chi connectivity index (χ1) is 9.10. The number of rotatable bonds is 4. The van der Waals surface area contributed by atoms with Gasteiger partial charge in [0.15, 0.2) is 0 Å². The molecule has 0 saturated carbocycles. The Morgan fingerprint density at radius 3 is 2.50 bits per heavy atom. The average molecular weight is 300 g/mol. The maximum atomic E-state index is 11.9. The number of hydrogen-bond donors (Lipinski definition) is 2. The lowest BCUT2D eigenvalue weighted by Crippen LogP contribution is -2.47. The zero-order valence-corrected chi connectivity index (χ0v) is 12.6. The quantitative estimate of drug-likeness (QED) is 0.661.